The molecule has 29 heavy (non-hydrogen) atoms. The average molecular weight is 388 g/mol. The summed E-state index contributed by atoms with van der Waals surface area (Å²) in [6.45, 7) is 0. The number of nitriles is 1. The van der Waals surface area contributed by atoms with E-state index in [-0.39, 0.29) is 5.57 Å². The van der Waals surface area contributed by atoms with Gasteiger partial charge in [0.05, 0.1) is 21.3 Å². The standard InChI is InChI=1S/C23H20N2O4/c1-27-20-12-15(13-21(28-2)22(20)29-3)11-17(14-24)23(26)25-19-10-6-8-16-7-4-5-9-18(16)19/h4-13H,1-3H3,(H,25,26)/b17-11+. The zero-order valence-corrected chi connectivity index (χ0v) is 16.4. The lowest BCUT2D eigenvalue weighted by Crippen LogP contribution is -2.13. The fourth-order valence-corrected chi connectivity index (χ4v) is 3.02. The minimum atomic E-state index is -0.502. The van der Waals surface area contributed by atoms with Gasteiger partial charge >= 0.3 is 0 Å². The number of anilines is 1. The second kappa shape index (κ2) is 8.81. The van der Waals surface area contributed by atoms with Gasteiger partial charge in [0, 0.05) is 11.1 Å². The summed E-state index contributed by atoms with van der Waals surface area (Å²) in [5.41, 5.74) is 1.16. The predicted octanol–water partition coefficient (Wildman–Crippen LogP) is 4.41. The maximum atomic E-state index is 12.7. The van der Waals surface area contributed by atoms with Crippen LogP contribution in [0.3, 0.4) is 0 Å². The van der Waals surface area contributed by atoms with E-state index in [9.17, 15) is 10.1 Å². The Hall–Kier alpha value is -3.98. The van der Waals surface area contributed by atoms with E-state index in [4.69, 9.17) is 14.2 Å². The molecule has 0 heterocycles. The van der Waals surface area contributed by atoms with Gasteiger partial charge in [-0.25, -0.2) is 0 Å². The number of hydrogen-bond acceptors (Lipinski definition) is 5. The lowest BCUT2D eigenvalue weighted by molar-refractivity contribution is -0.112. The molecular formula is C23H20N2O4. The van der Waals surface area contributed by atoms with Crippen molar-refractivity contribution in [2.24, 2.45) is 0 Å². The molecule has 6 nitrogen and oxygen atoms in total. The first-order valence-corrected chi connectivity index (χ1v) is 8.82. The van der Waals surface area contributed by atoms with Crippen LogP contribution in [0.15, 0.2) is 60.2 Å². The second-order valence-electron chi connectivity index (χ2n) is 6.11. The van der Waals surface area contributed by atoms with E-state index in [2.05, 4.69) is 5.32 Å². The number of carbonyl (C=O) groups excluding carboxylic acids is 1. The van der Waals surface area contributed by atoms with Crippen LogP contribution in [0.2, 0.25) is 0 Å². The molecule has 1 N–H and O–H groups in total. The Labute approximate surface area is 168 Å². The minimum absolute atomic E-state index is 0.0489. The molecule has 0 spiro atoms. The van der Waals surface area contributed by atoms with Crippen molar-refractivity contribution in [3.05, 3.63) is 65.7 Å². The van der Waals surface area contributed by atoms with Crippen molar-refractivity contribution < 1.29 is 19.0 Å². The summed E-state index contributed by atoms with van der Waals surface area (Å²) in [6, 6.07) is 18.6. The highest BCUT2D eigenvalue weighted by molar-refractivity contribution is 6.13. The van der Waals surface area contributed by atoms with Gasteiger partial charge in [0.15, 0.2) is 11.5 Å². The third kappa shape index (κ3) is 4.14. The topological polar surface area (TPSA) is 80.6 Å². The molecule has 0 fully saturated rings. The van der Waals surface area contributed by atoms with Crippen molar-refractivity contribution >= 4 is 28.4 Å². The molecule has 3 aromatic carbocycles. The zero-order valence-electron chi connectivity index (χ0n) is 16.4. The van der Waals surface area contributed by atoms with E-state index < -0.39 is 5.91 Å². The van der Waals surface area contributed by atoms with Gasteiger partial charge in [0.25, 0.3) is 5.91 Å². The van der Waals surface area contributed by atoms with E-state index in [1.54, 1.807) is 18.2 Å². The molecule has 6 heteroatoms. The molecule has 0 radical (unpaired) electrons. The van der Waals surface area contributed by atoms with Gasteiger partial charge < -0.3 is 19.5 Å². The van der Waals surface area contributed by atoms with Gasteiger partial charge in [0.1, 0.15) is 11.6 Å². The summed E-state index contributed by atoms with van der Waals surface area (Å²) in [6.07, 6.45) is 1.48. The normalized spacial score (nSPS) is 10.9. The Kier molecular flexibility index (Phi) is 6.00. The van der Waals surface area contributed by atoms with Crippen LogP contribution in [0.4, 0.5) is 5.69 Å². The highest BCUT2D eigenvalue weighted by atomic mass is 16.5. The highest BCUT2D eigenvalue weighted by Gasteiger charge is 2.15. The molecule has 146 valence electrons. The molecule has 1 amide bonds. The van der Waals surface area contributed by atoms with Crippen LogP contribution < -0.4 is 19.5 Å². The fraction of sp³-hybridized carbons (Fsp3) is 0.130. The molecule has 0 aliphatic rings. The molecule has 0 aromatic heterocycles. The number of nitrogens with zero attached hydrogens (tertiary/aromatic N) is 1. The van der Waals surface area contributed by atoms with E-state index >= 15 is 0 Å². The summed E-state index contributed by atoms with van der Waals surface area (Å²) in [5, 5.41) is 14.2. The number of benzene rings is 3. The number of rotatable bonds is 6. The Morgan fingerprint density at radius 1 is 0.966 bits per heavy atom. The Morgan fingerprint density at radius 3 is 2.24 bits per heavy atom. The van der Waals surface area contributed by atoms with Crippen molar-refractivity contribution in [1.29, 1.82) is 5.26 Å². The number of methoxy groups -OCH3 is 3. The molecule has 3 rings (SSSR count). The predicted molar refractivity (Wildman–Crippen MR) is 112 cm³/mol. The number of carbonyl (C=O) groups is 1. The SMILES string of the molecule is COc1cc(/C=C(\C#N)C(=O)Nc2cccc3ccccc23)cc(OC)c1OC. The van der Waals surface area contributed by atoms with Gasteiger partial charge in [-0.3, -0.25) is 4.79 Å². The third-order valence-electron chi connectivity index (χ3n) is 4.40. The summed E-state index contributed by atoms with van der Waals surface area (Å²) in [5.74, 6) is 0.804. The number of nitrogens with one attached hydrogen (secondary N) is 1. The summed E-state index contributed by atoms with van der Waals surface area (Å²) >= 11 is 0. The second-order valence-corrected chi connectivity index (χ2v) is 6.11. The summed E-state index contributed by atoms with van der Waals surface area (Å²) < 4.78 is 15.9. The highest BCUT2D eigenvalue weighted by Crippen LogP contribution is 2.38. The molecule has 0 saturated carbocycles. The van der Waals surface area contributed by atoms with Crippen molar-refractivity contribution in [2.75, 3.05) is 26.6 Å². The molecule has 0 aliphatic heterocycles. The van der Waals surface area contributed by atoms with Gasteiger partial charge in [-0.05, 0) is 35.2 Å². The number of amides is 1. The van der Waals surface area contributed by atoms with E-state index in [0.717, 1.165) is 10.8 Å². The molecule has 0 bridgehead atoms. The van der Waals surface area contributed by atoms with Gasteiger partial charge in [-0.2, -0.15) is 5.26 Å². The minimum Gasteiger partial charge on any atom is -0.493 e. The molecule has 3 aromatic rings. The van der Waals surface area contributed by atoms with Crippen LogP contribution in [0.5, 0.6) is 17.2 Å². The van der Waals surface area contributed by atoms with Gasteiger partial charge in [-0.15, -0.1) is 0 Å². The lowest BCUT2D eigenvalue weighted by Gasteiger charge is -2.13. The molecular weight excluding hydrogens is 368 g/mol. The van der Waals surface area contributed by atoms with Crippen LogP contribution in [-0.2, 0) is 4.79 Å². The van der Waals surface area contributed by atoms with E-state index in [1.807, 2.05) is 42.5 Å². The van der Waals surface area contributed by atoms with Crippen molar-refractivity contribution in [3.8, 4) is 23.3 Å². The van der Waals surface area contributed by atoms with Gasteiger partial charge in [0.2, 0.25) is 5.75 Å². The monoisotopic (exact) mass is 388 g/mol. The Balaban J connectivity index is 1.96. The van der Waals surface area contributed by atoms with Crippen molar-refractivity contribution in [1.82, 2.24) is 0 Å². The summed E-state index contributed by atoms with van der Waals surface area (Å²) in [4.78, 5) is 12.7. The van der Waals surface area contributed by atoms with Crippen LogP contribution >= 0.6 is 0 Å². The quantitative estimate of drug-likeness (QED) is 0.500. The van der Waals surface area contributed by atoms with E-state index in [1.165, 1.54) is 27.4 Å². The first kappa shape index (κ1) is 19.8. The number of fused-ring (bicyclic) bond motifs is 1. The number of ether oxygens (including phenoxy) is 3. The average Bonchev–Trinajstić information content (AvgIpc) is 2.76. The van der Waals surface area contributed by atoms with Crippen LogP contribution in [0.25, 0.3) is 16.8 Å². The fourth-order valence-electron chi connectivity index (χ4n) is 3.02. The largest absolute Gasteiger partial charge is 0.493 e. The third-order valence-corrected chi connectivity index (χ3v) is 4.40. The van der Waals surface area contributed by atoms with Crippen molar-refractivity contribution in [3.63, 3.8) is 0 Å². The Bertz CT molecular complexity index is 1100. The summed E-state index contributed by atoms with van der Waals surface area (Å²) in [7, 11) is 4.51. The van der Waals surface area contributed by atoms with Crippen molar-refractivity contribution in [2.45, 2.75) is 0 Å². The van der Waals surface area contributed by atoms with Gasteiger partial charge in [-0.1, -0.05) is 36.4 Å². The first-order valence-electron chi connectivity index (χ1n) is 8.82. The molecule has 0 aliphatic carbocycles. The Morgan fingerprint density at radius 2 is 1.62 bits per heavy atom. The maximum Gasteiger partial charge on any atom is 0.266 e. The number of hydrogen-bond donors (Lipinski definition) is 1. The molecule has 0 unspecified atom stereocenters. The maximum absolute atomic E-state index is 12.7. The van der Waals surface area contributed by atoms with Crippen LogP contribution in [0.1, 0.15) is 5.56 Å². The lowest BCUT2D eigenvalue weighted by atomic mass is 10.1. The molecule has 0 saturated heterocycles. The van der Waals surface area contributed by atoms with Crippen LogP contribution in [0, 0.1) is 11.3 Å². The first-order chi connectivity index (χ1) is 14.1. The molecule has 0 atom stereocenters. The van der Waals surface area contributed by atoms with E-state index in [0.29, 0.717) is 28.5 Å². The van der Waals surface area contributed by atoms with Crippen LogP contribution in [-0.4, -0.2) is 27.2 Å². The smallest absolute Gasteiger partial charge is 0.266 e. The zero-order chi connectivity index (χ0) is 20.8.